The van der Waals surface area contributed by atoms with Crippen LogP contribution < -0.4 is 10.1 Å². The summed E-state index contributed by atoms with van der Waals surface area (Å²) in [5, 5.41) is 3.57. The first kappa shape index (κ1) is 27.2. The summed E-state index contributed by atoms with van der Waals surface area (Å²) in [6.45, 7) is 14.1. The van der Waals surface area contributed by atoms with Gasteiger partial charge in [-0.1, -0.05) is 26.0 Å². The lowest BCUT2D eigenvalue weighted by Crippen LogP contribution is -2.44. The Morgan fingerprint density at radius 2 is 1.84 bits per heavy atom. The van der Waals surface area contributed by atoms with E-state index in [1.807, 2.05) is 0 Å². The second-order valence-corrected chi connectivity index (χ2v) is 8.91. The van der Waals surface area contributed by atoms with Crippen molar-refractivity contribution in [1.29, 1.82) is 0 Å². The fraction of sp³-hybridized carbons (Fsp3) is 0.720. The molecule has 32 heavy (non-hydrogen) atoms. The number of aliphatic imine (C=N–C) groups is 1. The van der Waals surface area contributed by atoms with Crippen molar-refractivity contribution in [2.24, 2.45) is 10.9 Å². The highest BCUT2D eigenvalue weighted by molar-refractivity contribution is 14.0. The highest BCUT2D eigenvalue weighted by Gasteiger charge is 2.32. The standard InChI is InChI=1S/C25H43N5O.HI/c1-6-26-25(30-17-15-22(19-30)29(7-2)8-3)27-18-21-10-9-16-28(4)24(21)20-11-13-23(31-5)14-12-20;/h11-14,21-22,24H,6-10,15-19H2,1-5H3,(H,26,27);1H. The summed E-state index contributed by atoms with van der Waals surface area (Å²) in [4.78, 5) is 12.7. The molecule has 7 heteroatoms. The summed E-state index contributed by atoms with van der Waals surface area (Å²) in [7, 11) is 3.98. The number of rotatable bonds is 8. The number of methoxy groups -OCH3 is 1. The fourth-order valence-electron chi connectivity index (χ4n) is 5.38. The number of hydrogen-bond donors (Lipinski definition) is 1. The summed E-state index contributed by atoms with van der Waals surface area (Å²) in [6.07, 6.45) is 3.70. The van der Waals surface area contributed by atoms with Gasteiger partial charge >= 0.3 is 0 Å². The molecule has 0 aliphatic carbocycles. The molecule has 6 nitrogen and oxygen atoms in total. The average Bonchev–Trinajstić information content (AvgIpc) is 3.27. The fourth-order valence-corrected chi connectivity index (χ4v) is 5.38. The van der Waals surface area contributed by atoms with E-state index in [9.17, 15) is 0 Å². The zero-order valence-electron chi connectivity index (χ0n) is 20.7. The molecule has 182 valence electrons. The van der Waals surface area contributed by atoms with Gasteiger partial charge in [0.25, 0.3) is 0 Å². The van der Waals surface area contributed by atoms with Crippen molar-refractivity contribution in [2.75, 3.05) is 60.0 Å². The molecule has 3 atom stereocenters. The van der Waals surface area contributed by atoms with E-state index in [0.717, 1.165) is 57.5 Å². The minimum atomic E-state index is 0. The highest BCUT2D eigenvalue weighted by Crippen LogP contribution is 2.36. The van der Waals surface area contributed by atoms with E-state index in [-0.39, 0.29) is 24.0 Å². The van der Waals surface area contributed by atoms with E-state index in [2.05, 4.69) is 72.1 Å². The molecule has 3 rings (SSSR count). The molecule has 1 aromatic carbocycles. The lowest BCUT2D eigenvalue weighted by molar-refractivity contribution is 0.125. The number of nitrogens with one attached hydrogen (secondary N) is 1. The Morgan fingerprint density at radius 1 is 1.12 bits per heavy atom. The van der Waals surface area contributed by atoms with Crippen LogP contribution in [0.3, 0.4) is 0 Å². The molecule has 3 unspecified atom stereocenters. The van der Waals surface area contributed by atoms with Crippen molar-refractivity contribution in [3.8, 4) is 5.75 Å². The lowest BCUT2D eigenvalue weighted by Gasteiger charge is -2.39. The first-order valence-electron chi connectivity index (χ1n) is 12.2. The molecule has 0 spiro atoms. The number of benzene rings is 1. The van der Waals surface area contributed by atoms with Gasteiger partial charge in [0.05, 0.1) is 7.11 Å². The van der Waals surface area contributed by atoms with Crippen molar-refractivity contribution >= 4 is 29.9 Å². The van der Waals surface area contributed by atoms with Crippen LogP contribution in [0.15, 0.2) is 29.3 Å². The number of nitrogens with zero attached hydrogens (tertiary/aromatic N) is 4. The van der Waals surface area contributed by atoms with Gasteiger partial charge in [0.15, 0.2) is 5.96 Å². The first-order chi connectivity index (χ1) is 15.1. The van der Waals surface area contributed by atoms with Crippen molar-refractivity contribution in [3.63, 3.8) is 0 Å². The van der Waals surface area contributed by atoms with Crippen LogP contribution in [-0.2, 0) is 0 Å². The van der Waals surface area contributed by atoms with Crippen LogP contribution >= 0.6 is 24.0 Å². The smallest absolute Gasteiger partial charge is 0.193 e. The predicted octanol–water partition coefficient (Wildman–Crippen LogP) is 4.08. The van der Waals surface area contributed by atoms with Crippen molar-refractivity contribution < 1.29 is 4.74 Å². The Kier molecular flexibility index (Phi) is 11.6. The van der Waals surface area contributed by atoms with Gasteiger partial charge in [-0.3, -0.25) is 14.8 Å². The molecule has 2 aliphatic heterocycles. The Morgan fingerprint density at radius 3 is 2.47 bits per heavy atom. The SMILES string of the molecule is CCNC(=NCC1CCCN(C)C1c1ccc(OC)cc1)N1CCC(N(CC)CC)C1.I. The third-order valence-corrected chi connectivity index (χ3v) is 7.07. The predicted molar refractivity (Wildman–Crippen MR) is 145 cm³/mol. The zero-order valence-corrected chi connectivity index (χ0v) is 23.0. The second kappa shape index (κ2) is 13.6. The van der Waals surface area contributed by atoms with Crippen LogP contribution in [0.25, 0.3) is 0 Å². The number of ether oxygens (including phenoxy) is 1. The van der Waals surface area contributed by atoms with Gasteiger partial charge in [-0.05, 0) is 76.5 Å². The molecular formula is C25H44IN5O. The maximum Gasteiger partial charge on any atom is 0.193 e. The van der Waals surface area contributed by atoms with Gasteiger partial charge < -0.3 is 15.0 Å². The molecule has 2 aliphatic rings. The molecule has 2 heterocycles. The van der Waals surface area contributed by atoms with Gasteiger partial charge in [-0.15, -0.1) is 24.0 Å². The first-order valence-corrected chi connectivity index (χ1v) is 12.2. The van der Waals surface area contributed by atoms with Crippen LogP contribution in [0.4, 0.5) is 0 Å². The van der Waals surface area contributed by atoms with E-state index in [1.165, 1.54) is 24.8 Å². The van der Waals surface area contributed by atoms with E-state index in [1.54, 1.807) is 7.11 Å². The quantitative estimate of drug-likeness (QED) is 0.297. The molecule has 2 saturated heterocycles. The van der Waals surface area contributed by atoms with Gasteiger partial charge in [0, 0.05) is 38.3 Å². The second-order valence-electron chi connectivity index (χ2n) is 8.91. The molecule has 1 aromatic rings. The lowest BCUT2D eigenvalue weighted by atomic mass is 9.85. The Hall–Kier alpha value is -1.06. The van der Waals surface area contributed by atoms with Crippen LogP contribution in [-0.4, -0.2) is 86.7 Å². The third kappa shape index (κ3) is 6.73. The minimum absolute atomic E-state index is 0. The molecule has 0 bridgehead atoms. The summed E-state index contributed by atoms with van der Waals surface area (Å²) in [5.74, 6) is 2.55. The minimum Gasteiger partial charge on any atom is -0.497 e. The van der Waals surface area contributed by atoms with Crippen LogP contribution in [0.1, 0.15) is 51.6 Å². The maximum absolute atomic E-state index is 5.36. The van der Waals surface area contributed by atoms with Gasteiger partial charge in [0.2, 0.25) is 0 Å². The van der Waals surface area contributed by atoms with Crippen LogP contribution in [0, 0.1) is 5.92 Å². The van der Waals surface area contributed by atoms with Crippen LogP contribution in [0.5, 0.6) is 5.75 Å². The topological polar surface area (TPSA) is 43.3 Å². The number of hydrogen-bond acceptors (Lipinski definition) is 4. The van der Waals surface area contributed by atoms with E-state index in [0.29, 0.717) is 18.0 Å². The third-order valence-electron chi connectivity index (χ3n) is 7.07. The van der Waals surface area contributed by atoms with E-state index >= 15 is 0 Å². The number of guanidine groups is 1. The number of likely N-dealkylation sites (N-methyl/N-ethyl adjacent to an activating group) is 1. The average molecular weight is 558 g/mol. The number of piperidine rings is 1. The monoisotopic (exact) mass is 557 g/mol. The molecule has 1 N–H and O–H groups in total. The molecule has 0 aromatic heterocycles. The van der Waals surface area contributed by atoms with Crippen molar-refractivity contribution in [2.45, 2.75) is 52.1 Å². The highest BCUT2D eigenvalue weighted by atomic mass is 127. The Labute approximate surface area is 212 Å². The van der Waals surface area contributed by atoms with Crippen molar-refractivity contribution in [1.82, 2.24) is 20.0 Å². The Bertz CT molecular complexity index is 694. The van der Waals surface area contributed by atoms with Gasteiger partial charge in [0.1, 0.15) is 5.75 Å². The zero-order chi connectivity index (χ0) is 22.2. The molecule has 0 saturated carbocycles. The molecule has 2 fully saturated rings. The normalized spacial score (nSPS) is 24.5. The molecule has 0 radical (unpaired) electrons. The summed E-state index contributed by atoms with van der Waals surface area (Å²) >= 11 is 0. The molecular weight excluding hydrogens is 513 g/mol. The number of likely N-dealkylation sites (tertiary alicyclic amines) is 2. The summed E-state index contributed by atoms with van der Waals surface area (Å²) in [5.41, 5.74) is 1.37. The van der Waals surface area contributed by atoms with Gasteiger partial charge in [-0.25, -0.2) is 0 Å². The van der Waals surface area contributed by atoms with Crippen molar-refractivity contribution in [3.05, 3.63) is 29.8 Å². The van der Waals surface area contributed by atoms with E-state index in [4.69, 9.17) is 9.73 Å². The maximum atomic E-state index is 5.36. The molecule has 0 amide bonds. The van der Waals surface area contributed by atoms with Gasteiger partial charge in [-0.2, -0.15) is 0 Å². The summed E-state index contributed by atoms with van der Waals surface area (Å²) < 4.78 is 5.36. The van der Waals surface area contributed by atoms with E-state index < -0.39 is 0 Å². The number of halogens is 1. The Balaban J connectivity index is 0.00000363. The van der Waals surface area contributed by atoms with Crippen LogP contribution in [0.2, 0.25) is 0 Å². The summed E-state index contributed by atoms with van der Waals surface area (Å²) in [6, 6.07) is 9.67. The largest absolute Gasteiger partial charge is 0.497 e.